The van der Waals surface area contributed by atoms with Gasteiger partial charge in [0.2, 0.25) is 10.0 Å². The Bertz CT molecular complexity index is 631. The van der Waals surface area contributed by atoms with E-state index in [0.29, 0.717) is 12.7 Å². The summed E-state index contributed by atoms with van der Waals surface area (Å²) in [5.41, 5.74) is 4.77. The lowest BCUT2D eigenvalue weighted by Gasteiger charge is -2.16. The average Bonchev–Trinajstić information content (AvgIpc) is 3.19. The van der Waals surface area contributed by atoms with E-state index in [9.17, 15) is 17.2 Å². The molecule has 0 unspecified atom stereocenters. The molecule has 3 N–H and O–H groups in total. The van der Waals surface area contributed by atoms with Crippen LogP contribution in [0, 0.1) is 17.0 Å². The highest BCUT2D eigenvalue weighted by atomic mass is 32.2. The first-order valence-electron chi connectivity index (χ1n) is 6.53. The number of hydrogen-bond acceptors (Lipinski definition) is 4. The molecule has 0 amide bonds. The van der Waals surface area contributed by atoms with E-state index in [1.165, 1.54) is 0 Å². The van der Waals surface area contributed by atoms with Gasteiger partial charge in [-0.1, -0.05) is 0 Å². The Kier molecular flexibility index (Phi) is 4.50. The van der Waals surface area contributed by atoms with Crippen molar-refractivity contribution in [3.63, 3.8) is 0 Å². The summed E-state index contributed by atoms with van der Waals surface area (Å²) in [4.78, 5) is -0.635. The van der Waals surface area contributed by atoms with Crippen LogP contribution in [0.4, 0.5) is 14.5 Å². The van der Waals surface area contributed by atoms with Gasteiger partial charge < -0.3 is 10.5 Å². The van der Waals surface area contributed by atoms with Crippen LogP contribution in [0.5, 0.6) is 0 Å². The van der Waals surface area contributed by atoms with E-state index < -0.39 is 32.2 Å². The fourth-order valence-electron chi connectivity index (χ4n) is 2.09. The third kappa shape index (κ3) is 3.69. The minimum atomic E-state index is -4.06. The Morgan fingerprint density at radius 2 is 2.00 bits per heavy atom. The minimum Gasteiger partial charge on any atom is -0.396 e. The number of nitrogens with one attached hydrogen (secondary N) is 1. The zero-order valence-electron chi connectivity index (χ0n) is 11.7. The van der Waals surface area contributed by atoms with Crippen molar-refractivity contribution < 1.29 is 21.9 Å². The molecule has 5 nitrogen and oxygen atoms in total. The standard InChI is InChI=1S/C13H18F2N2O3S/c1-20-5-4-13(2-3-13)8-17-21(18,19)12-7-11(16)9(14)6-10(12)15/h6-7,17H,2-5,8,16H2,1H3. The van der Waals surface area contributed by atoms with Gasteiger partial charge >= 0.3 is 0 Å². The van der Waals surface area contributed by atoms with Gasteiger partial charge in [-0.25, -0.2) is 21.9 Å². The average molecular weight is 320 g/mol. The van der Waals surface area contributed by atoms with Gasteiger partial charge in [-0.15, -0.1) is 0 Å². The van der Waals surface area contributed by atoms with Gasteiger partial charge in [0.25, 0.3) is 0 Å². The second-order valence-corrected chi connectivity index (χ2v) is 7.11. The summed E-state index contributed by atoms with van der Waals surface area (Å²) in [5.74, 6) is -2.14. The van der Waals surface area contributed by atoms with Crippen molar-refractivity contribution in [1.29, 1.82) is 0 Å². The number of nitrogens with two attached hydrogens (primary N) is 1. The molecule has 21 heavy (non-hydrogen) atoms. The van der Waals surface area contributed by atoms with Crippen LogP contribution >= 0.6 is 0 Å². The summed E-state index contributed by atoms with van der Waals surface area (Å²) >= 11 is 0. The third-order valence-electron chi connectivity index (χ3n) is 3.77. The summed E-state index contributed by atoms with van der Waals surface area (Å²) in [7, 11) is -2.48. The van der Waals surface area contributed by atoms with E-state index in [1.807, 2.05) is 0 Å². The maximum absolute atomic E-state index is 13.6. The minimum absolute atomic E-state index is 0.120. The van der Waals surface area contributed by atoms with Crippen molar-refractivity contribution in [2.24, 2.45) is 5.41 Å². The fourth-order valence-corrected chi connectivity index (χ4v) is 3.34. The molecule has 0 atom stereocenters. The fraction of sp³-hybridized carbons (Fsp3) is 0.538. The molecule has 118 valence electrons. The van der Waals surface area contributed by atoms with Crippen molar-refractivity contribution in [3.8, 4) is 0 Å². The van der Waals surface area contributed by atoms with E-state index in [2.05, 4.69) is 4.72 Å². The van der Waals surface area contributed by atoms with Crippen LogP contribution < -0.4 is 10.5 Å². The molecule has 1 saturated carbocycles. The number of methoxy groups -OCH3 is 1. The summed E-state index contributed by atoms with van der Waals surface area (Å²) < 4.78 is 58.3. The number of anilines is 1. The Hall–Kier alpha value is -1.25. The summed E-state index contributed by atoms with van der Waals surface area (Å²) in [6.45, 7) is 0.745. The van der Waals surface area contributed by atoms with Crippen LogP contribution in [0.1, 0.15) is 19.3 Å². The van der Waals surface area contributed by atoms with Crippen molar-refractivity contribution in [3.05, 3.63) is 23.8 Å². The van der Waals surface area contributed by atoms with Crippen LogP contribution in [-0.2, 0) is 14.8 Å². The molecule has 1 aromatic rings. The van der Waals surface area contributed by atoms with Gasteiger partial charge in [0, 0.05) is 26.3 Å². The molecule has 1 aliphatic carbocycles. The highest BCUT2D eigenvalue weighted by Crippen LogP contribution is 2.48. The van der Waals surface area contributed by atoms with Gasteiger partial charge in [0.15, 0.2) is 0 Å². The first-order valence-corrected chi connectivity index (χ1v) is 8.01. The van der Waals surface area contributed by atoms with Crippen LogP contribution in [-0.4, -0.2) is 28.7 Å². The first-order chi connectivity index (χ1) is 9.80. The summed E-state index contributed by atoms with van der Waals surface area (Å²) in [6, 6.07) is 1.27. The number of halogens is 2. The lowest BCUT2D eigenvalue weighted by atomic mass is 10.0. The van der Waals surface area contributed by atoms with Gasteiger partial charge in [0.1, 0.15) is 16.5 Å². The third-order valence-corrected chi connectivity index (χ3v) is 5.19. The first kappa shape index (κ1) is 16.1. The largest absolute Gasteiger partial charge is 0.396 e. The number of hydrogen-bond donors (Lipinski definition) is 2. The quantitative estimate of drug-likeness (QED) is 0.748. The predicted molar refractivity (Wildman–Crippen MR) is 74.1 cm³/mol. The zero-order valence-corrected chi connectivity index (χ0v) is 12.5. The number of rotatable bonds is 7. The topological polar surface area (TPSA) is 81.4 Å². The maximum atomic E-state index is 13.6. The molecule has 1 aromatic carbocycles. The SMILES string of the molecule is COCCC1(CNS(=O)(=O)c2cc(N)c(F)cc2F)CC1. The van der Waals surface area contributed by atoms with Crippen LogP contribution in [0.25, 0.3) is 0 Å². The molecule has 2 rings (SSSR count). The monoisotopic (exact) mass is 320 g/mol. The van der Waals surface area contributed by atoms with E-state index in [4.69, 9.17) is 10.5 Å². The van der Waals surface area contributed by atoms with Crippen molar-refractivity contribution in [2.45, 2.75) is 24.2 Å². The molecule has 1 aliphatic rings. The van der Waals surface area contributed by atoms with E-state index in [0.717, 1.165) is 25.3 Å². The number of sulfonamides is 1. The van der Waals surface area contributed by atoms with Gasteiger partial charge in [-0.05, 0) is 30.7 Å². The Labute approximate surface area is 122 Å². The zero-order chi connectivity index (χ0) is 15.7. The van der Waals surface area contributed by atoms with Crippen molar-refractivity contribution in [2.75, 3.05) is 26.0 Å². The lowest BCUT2D eigenvalue weighted by Crippen LogP contribution is -2.31. The van der Waals surface area contributed by atoms with Crippen LogP contribution in [0.2, 0.25) is 0 Å². The van der Waals surface area contributed by atoms with Crippen LogP contribution in [0.3, 0.4) is 0 Å². The molecule has 0 spiro atoms. The highest BCUT2D eigenvalue weighted by Gasteiger charge is 2.42. The smallest absolute Gasteiger partial charge is 0.243 e. The molecule has 8 heteroatoms. The number of nitrogen functional groups attached to an aromatic ring is 1. The Balaban J connectivity index is 2.11. The molecule has 0 bridgehead atoms. The Morgan fingerprint density at radius 3 is 2.57 bits per heavy atom. The normalized spacial score (nSPS) is 16.9. The summed E-state index contributed by atoms with van der Waals surface area (Å²) in [5, 5.41) is 0. The van der Waals surface area contributed by atoms with Gasteiger partial charge in [-0.2, -0.15) is 0 Å². The van der Waals surface area contributed by atoms with Crippen molar-refractivity contribution in [1.82, 2.24) is 4.72 Å². The summed E-state index contributed by atoms with van der Waals surface area (Å²) in [6.07, 6.45) is 2.53. The second-order valence-electron chi connectivity index (χ2n) is 5.37. The van der Waals surface area contributed by atoms with E-state index >= 15 is 0 Å². The Morgan fingerprint density at radius 1 is 1.33 bits per heavy atom. The highest BCUT2D eigenvalue weighted by molar-refractivity contribution is 7.89. The molecule has 0 aliphatic heterocycles. The number of ether oxygens (including phenoxy) is 1. The second kappa shape index (κ2) is 5.86. The molecule has 0 heterocycles. The maximum Gasteiger partial charge on any atom is 0.243 e. The van der Waals surface area contributed by atoms with Crippen LogP contribution in [0.15, 0.2) is 17.0 Å². The molecule has 0 radical (unpaired) electrons. The van der Waals surface area contributed by atoms with Crippen molar-refractivity contribution >= 4 is 15.7 Å². The molecular weight excluding hydrogens is 302 g/mol. The number of benzene rings is 1. The molecule has 0 aromatic heterocycles. The molecule has 1 fully saturated rings. The predicted octanol–water partition coefficient (Wildman–Crippen LogP) is 1.64. The molecule has 0 saturated heterocycles. The van der Waals surface area contributed by atoms with Gasteiger partial charge in [-0.3, -0.25) is 0 Å². The van der Waals surface area contributed by atoms with E-state index in [1.54, 1.807) is 7.11 Å². The van der Waals surface area contributed by atoms with Gasteiger partial charge in [0.05, 0.1) is 5.69 Å². The molecular formula is C13H18F2N2O3S. The van der Waals surface area contributed by atoms with E-state index in [-0.39, 0.29) is 12.0 Å². The lowest BCUT2D eigenvalue weighted by molar-refractivity contribution is 0.173.